The van der Waals surface area contributed by atoms with E-state index in [0.29, 0.717) is 13.1 Å². The van der Waals surface area contributed by atoms with Gasteiger partial charge in [-0.3, -0.25) is 14.3 Å². The molecule has 1 aliphatic heterocycles. The van der Waals surface area contributed by atoms with Crippen molar-refractivity contribution in [1.82, 2.24) is 25.0 Å². The molecule has 1 aromatic carbocycles. The van der Waals surface area contributed by atoms with E-state index in [0.717, 1.165) is 35.4 Å². The van der Waals surface area contributed by atoms with Crippen LogP contribution in [-0.4, -0.2) is 44.6 Å². The van der Waals surface area contributed by atoms with Gasteiger partial charge in [-0.25, -0.2) is 0 Å². The smallest absolute Gasteiger partial charge is 0.225 e. The van der Waals surface area contributed by atoms with Gasteiger partial charge >= 0.3 is 0 Å². The van der Waals surface area contributed by atoms with E-state index in [1.807, 2.05) is 48.7 Å². The van der Waals surface area contributed by atoms with Crippen molar-refractivity contribution < 1.29 is 9.59 Å². The lowest BCUT2D eigenvalue weighted by molar-refractivity contribution is -0.129. The number of H-pyrrole nitrogens is 1. The predicted octanol–water partition coefficient (Wildman–Crippen LogP) is 3.27. The Balaban J connectivity index is 1.36. The standard InChI is InChI=1S/C24H31N5O2/c1-5-29-17(4)23(16(3)27-29)15(2)26-24(31)19-12-22(30)28(14-19)11-10-18-13-25-21-9-7-6-8-20(18)21/h6-9,13,15,19,25H,5,10-12,14H2,1-4H3,(H,26,31)/t15-,19-/m1/s1. The van der Waals surface area contributed by atoms with Gasteiger partial charge in [0.1, 0.15) is 0 Å². The van der Waals surface area contributed by atoms with Crippen molar-refractivity contribution in [3.8, 4) is 0 Å². The number of amides is 2. The van der Waals surface area contributed by atoms with Crippen LogP contribution < -0.4 is 5.32 Å². The molecule has 1 fully saturated rings. The number of nitrogens with zero attached hydrogens (tertiary/aromatic N) is 3. The van der Waals surface area contributed by atoms with Crippen molar-refractivity contribution in [3.05, 3.63) is 53.0 Å². The number of nitrogens with one attached hydrogen (secondary N) is 2. The van der Waals surface area contributed by atoms with Gasteiger partial charge < -0.3 is 15.2 Å². The summed E-state index contributed by atoms with van der Waals surface area (Å²) in [4.78, 5) is 30.5. The van der Waals surface area contributed by atoms with Crippen molar-refractivity contribution in [2.24, 2.45) is 5.92 Å². The molecule has 2 aromatic heterocycles. The third kappa shape index (κ3) is 4.09. The van der Waals surface area contributed by atoms with Crippen LogP contribution in [0.3, 0.4) is 0 Å². The normalized spacial score (nSPS) is 17.5. The van der Waals surface area contributed by atoms with Gasteiger partial charge in [0.05, 0.1) is 17.7 Å². The molecular formula is C24H31N5O2. The first-order valence-corrected chi connectivity index (χ1v) is 11.1. The van der Waals surface area contributed by atoms with Gasteiger partial charge in [-0.05, 0) is 45.7 Å². The fourth-order valence-corrected chi connectivity index (χ4v) is 4.81. The predicted molar refractivity (Wildman–Crippen MR) is 121 cm³/mol. The number of hydrogen-bond donors (Lipinski definition) is 2. The quantitative estimate of drug-likeness (QED) is 0.614. The SMILES string of the molecule is CCn1nc(C)c([C@@H](C)NC(=O)[C@@H]2CC(=O)N(CCc3c[nH]c4ccccc34)C2)c1C. The minimum absolute atomic E-state index is 0.0545. The summed E-state index contributed by atoms with van der Waals surface area (Å²) in [5.41, 5.74) is 5.39. The van der Waals surface area contributed by atoms with E-state index >= 15 is 0 Å². The maximum absolute atomic E-state index is 12.9. The number of carbonyl (C=O) groups is 2. The lowest BCUT2D eigenvalue weighted by Crippen LogP contribution is -2.35. The first-order chi connectivity index (χ1) is 14.9. The number of likely N-dealkylation sites (tertiary alicyclic amines) is 1. The monoisotopic (exact) mass is 421 g/mol. The fourth-order valence-electron chi connectivity index (χ4n) is 4.81. The van der Waals surface area contributed by atoms with E-state index in [4.69, 9.17) is 0 Å². The molecule has 0 spiro atoms. The number of para-hydroxylation sites is 1. The highest BCUT2D eigenvalue weighted by molar-refractivity contribution is 5.89. The Morgan fingerprint density at radius 2 is 2.10 bits per heavy atom. The zero-order valence-corrected chi connectivity index (χ0v) is 18.7. The zero-order chi connectivity index (χ0) is 22.1. The summed E-state index contributed by atoms with van der Waals surface area (Å²) in [5, 5.41) is 8.86. The molecule has 2 amide bonds. The topological polar surface area (TPSA) is 83.0 Å². The van der Waals surface area contributed by atoms with Crippen LogP contribution in [0.25, 0.3) is 10.9 Å². The summed E-state index contributed by atoms with van der Waals surface area (Å²) in [7, 11) is 0. The van der Waals surface area contributed by atoms with Crippen LogP contribution in [0.5, 0.6) is 0 Å². The van der Waals surface area contributed by atoms with E-state index in [1.165, 1.54) is 10.9 Å². The molecule has 1 aliphatic rings. The van der Waals surface area contributed by atoms with Crippen LogP contribution in [0.2, 0.25) is 0 Å². The second-order valence-corrected chi connectivity index (χ2v) is 8.48. The molecule has 3 heterocycles. The Hall–Kier alpha value is -3.09. The Morgan fingerprint density at radius 3 is 2.84 bits per heavy atom. The van der Waals surface area contributed by atoms with E-state index in [2.05, 4.69) is 34.5 Å². The fraction of sp³-hybridized carbons (Fsp3) is 0.458. The lowest BCUT2D eigenvalue weighted by atomic mass is 10.0. The average Bonchev–Trinajstić information content (AvgIpc) is 3.41. The maximum atomic E-state index is 12.9. The second-order valence-electron chi connectivity index (χ2n) is 8.48. The van der Waals surface area contributed by atoms with Crippen LogP contribution in [0, 0.1) is 19.8 Å². The minimum Gasteiger partial charge on any atom is -0.361 e. The van der Waals surface area contributed by atoms with Gasteiger partial charge in [0.2, 0.25) is 11.8 Å². The number of fused-ring (bicyclic) bond motifs is 1. The van der Waals surface area contributed by atoms with Crippen molar-refractivity contribution in [2.45, 2.75) is 53.1 Å². The molecule has 4 rings (SSSR count). The lowest BCUT2D eigenvalue weighted by Gasteiger charge is -2.19. The summed E-state index contributed by atoms with van der Waals surface area (Å²) in [5.74, 6) is -0.308. The van der Waals surface area contributed by atoms with E-state index in [1.54, 1.807) is 0 Å². The average molecular weight is 422 g/mol. The molecule has 0 saturated carbocycles. The number of rotatable bonds is 7. The zero-order valence-electron chi connectivity index (χ0n) is 18.7. The van der Waals surface area contributed by atoms with Gasteiger partial charge in [0, 0.05) is 54.4 Å². The molecule has 164 valence electrons. The number of hydrogen-bond acceptors (Lipinski definition) is 3. The van der Waals surface area contributed by atoms with Crippen molar-refractivity contribution in [1.29, 1.82) is 0 Å². The van der Waals surface area contributed by atoms with E-state index in [9.17, 15) is 9.59 Å². The minimum atomic E-state index is -0.306. The van der Waals surface area contributed by atoms with E-state index < -0.39 is 0 Å². The third-order valence-electron chi connectivity index (χ3n) is 6.44. The van der Waals surface area contributed by atoms with Crippen molar-refractivity contribution >= 4 is 22.7 Å². The molecule has 2 N–H and O–H groups in total. The van der Waals surface area contributed by atoms with Gasteiger partial charge in [-0.1, -0.05) is 18.2 Å². The summed E-state index contributed by atoms with van der Waals surface area (Å²) in [6, 6.07) is 8.04. The van der Waals surface area contributed by atoms with E-state index in [-0.39, 0.29) is 30.2 Å². The Bertz CT molecular complexity index is 1110. The molecule has 31 heavy (non-hydrogen) atoms. The molecule has 0 radical (unpaired) electrons. The molecule has 0 bridgehead atoms. The Kier molecular flexibility index (Phi) is 5.85. The Morgan fingerprint density at radius 1 is 1.32 bits per heavy atom. The molecule has 7 heteroatoms. The molecule has 1 saturated heterocycles. The number of benzene rings is 1. The number of aryl methyl sites for hydroxylation is 2. The van der Waals surface area contributed by atoms with Crippen LogP contribution >= 0.6 is 0 Å². The molecular weight excluding hydrogens is 390 g/mol. The first kappa shape index (κ1) is 21.2. The molecule has 7 nitrogen and oxygen atoms in total. The highest BCUT2D eigenvalue weighted by Crippen LogP contribution is 2.25. The third-order valence-corrected chi connectivity index (χ3v) is 6.44. The Labute approximate surface area is 182 Å². The van der Waals surface area contributed by atoms with Gasteiger partial charge in [0.25, 0.3) is 0 Å². The molecule has 0 unspecified atom stereocenters. The molecule has 2 atom stereocenters. The molecule has 3 aromatic rings. The van der Waals surface area contributed by atoms with Gasteiger partial charge in [-0.2, -0.15) is 5.10 Å². The van der Waals surface area contributed by atoms with Crippen molar-refractivity contribution in [2.75, 3.05) is 13.1 Å². The number of carbonyl (C=O) groups excluding carboxylic acids is 2. The van der Waals surface area contributed by atoms with Gasteiger partial charge in [0.15, 0.2) is 0 Å². The summed E-state index contributed by atoms with van der Waals surface area (Å²) >= 11 is 0. The first-order valence-electron chi connectivity index (χ1n) is 11.1. The summed E-state index contributed by atoms with van der Waals surface area (Å²) in [6.07, 6.45) is 3.06. The highest BCUT2D eigenvalue weighted by Gasteiger charge is 2.35. The summed E-state index contributed by atoms with van der Waals surface area (Å²) < 4.78 is 1.96. The van der Waals surface area contributed by atoms with Gasteiger partial charge in [-0.15, -0.1) is 0 Å². The number of aromatic nitrogens is 3. The van der Waals surface area contributed by atoms with Crippen molar-refractivity contribution in [3.63, 3.8) is 0 Å². The van der Waals surface area contributed by atoms with Crippen LogP contribution in [0.15, 0.2) is 30.5 Å². The largest absolute Gasteiger partial charge is 0.361 e. The van der Waals surface area contributed by atoms with Crippen LogP contribution in [0.4, 0.5) is 0 Å². The maximum Gasteiger partial charge on any atom is 0.225 e. The summed E-state index contributed by atoms with van der Waals surface area (Å²) in [6.45, 7) is 9.96. The highest BCUT2D eigenvalue weighted by atomic mass is 16.2. The second kappa shape index (κ2) is 8.57. The van der Waals surface area contributed by atoms with Crippen LogP contribution in [-0.2, 0) is 22.6 Å². The number of aromatic amines is 1. The van der Waals surface area contributed by atoms with Crippen LogP contribution in [0.1, 0.15) is 48.8 Å². The molecule has 0 aliphatic carbocycles.